The second kappa shape index (κ2) is 5.49. The van der Waals surface area contributed by atoms with Crippen LogP contribution in [-0.4, -0.2) is 19.5 Å². The average molecular weight is 155 g/mol. The molecule has 4 heteroatoms. The van der Waals surface area contributed by atoms with Crippen molar-refractivity contribution in [2.24, 2.45) is 5.73 Å². The van der Waals surface area contributed by atoms with Crippen LogP contribution in [0.1, 0.15) is 0 Å². The van der Waals surface area contributed by atoms with Gasteiger partial charge in [-0.1, -0.05) is 6.58 Å². The van der Waals surface area contributed by atoms with E-state index in [1.54, 1.807) is 13.2 Å². The van der Waals surface area contributed by atoms with Crippen LogP contribution in [0.15, 0.2) is 24.6 Å². The van der Waals surface area contributed by atoms with E-state index in [4.69, 9.17) is 5.73 Å². The molecule has 0 saturated carbocycles. The van der Waals surface area contributed by atoms with Crippen LogP contribution in [0.25, 0.3) is 0 Å². The summed E-state index contributed by atoms with van der Waals surface area (Å²) >= 11 is 0. The van der Waals surface area contributed by atoms with Gasteiger partial charge in [0.2, 0.25) is 5.91 Å². The topological polar surface area (TPSA) is 67.1 Å². The molecule has 0 aromatic carbocycles. The molecule has 11 heavy (non-hydrogen) atoms. The van der Waals surface area contributed by atoms with Gasteiger partial charge in [-0.25, -0.2) is 0 Å². The van der Waals surface area contributed by atoms with Gasteiger partial charge in [-0.15, -0.1) is 0 Å². The first kappa shape index (κ1) is 9.71. The van der Waals surface area contributed by atoms with Crippen molar-refractivity contribution in [3.05, 3.63) is 24.6 Å². The van der Waals surface area contributed by atoms with Gasteiger partial charge in [-0.05, 0) is 6.08 Å². The number of amides is 1. The molecule has 0 fully saturated rings. The molecule has 0 heterocycles. The highest BCUT2D eigenvalue weighted by molar-refractivity contribution is 5.79. The number of carbonyl (C=O) groups excluding carboxylic acids is 1. The van der Waals surface area contributed by atoms with Crippen molar-refractivity contribution in [1.82, 2.24) is 10.6 Å². The number of nitrogens with two attached hydrogens (primary N) is 1. The first-order chi connectivity index (χ1) is 5.24. The molecule has 0 aliphatic rings. The van der Waals surface area contributed by atoms with E-state index < -0.39 is 0 Å². The van der Waals surface area contributed by atoms with E-state index in [1.165, 1.54) is 6.08 Å². The minimum absolute atomic E-state index is 0.0190. The molecule has 62 valence electrons. The standard InChI is InChI=1S/C7H13N3O/c1-3-6(5-9-2)10-7(11)4-8/h3,5,9H,1,4,8H2,2H3,(H,10,11)/b6-5+. The average Bonchev–Trinajstić information content (AvgIpc) is 2.03. The zero-order valence-electron chi connectivity index (χ0n) is 6.55. The summed E-state index contributed by atoms with van der Waals surface area (Å²) in [5.74, 6) is -0.230. The molecule has 0 bridgehead atoms. The van der Waals surface area contributed by atoms with Crippen LogP contribution in [0.5, 0.6) is 0 Å². The quantitative estimate of drug-likeness (QED) is 0.471. The summed E-state index contributed by atoms with van der Waals surface area (Å²) in [6.45, 7) is 3.48. The summed E-state index contributed by atoms with van der Waals surface area (Å²) in [6, 6.07) is 0. The Morgan fingerprint density at radius 3 is 2.73 bits per heavy atom. The van der Waals surface area contributed by atoms with Gasteiger partial charge in [0.25, 0.3) is 0 Å². The summed E-state index contributed by atoms with van der Waals surface area (Å²) < 4.78 is 0. The van der Waals surface area contributed by atoms with Gasteiger partial charge in [0.15, 0.2) is 0 Å². The molecule has 0 radical (unpaired) electrons. The lowest BCUT2D eigenvalue weighted by atomic mass is 10.4. The molecule has 0 spiro atoms. The summed E-state index contributed by atoms with van der Waals surface area (Å²) in [6.07, 6.45) is 3.16. The van der Waals surface area contributed by atoms with Crippen molar-refractivity contribution >= 4 is 5.91 Å². The molecule has 1 amide bonds. The van der Waals surface area contributed by atoms with Gasteiger partial charge in [-0.3, -0.25) is 4.79 Å². The van der Waals surface area contributed by atoms with Crippen molar-refractivity contribution in [2.75, 3.05) is 13.6 Å². The number of hydrogen-bond donors (Lipinski definition) is 3. The Labute approximate surface area is 66.2 Å². The van der Waals surface area contributed by atoms with Crippen LogP contribution in [0.3, 0.4) is 0 Å². The summed E-state index contributed by atoms with van der Waals surface area (Å²) in [7, 11) is 1.73. The van der Waals surface area contributed by atoms with Crippen molar-refractivity contribution in [3.8, 4) is 0 Å². The maximum Gasteiger partial charge on any atom is 0.238 e. The highest BCUT2D eigenvalue weighted by Gasteiger charge is 1.96. The molecule has 0 aliphatic heterocycles. The van der Waals surface area contributed by atoms with E-state index in [9.17, 15) is 4.79 Å². The molecule has 0 unspecified atom stereocenters. The largest absolute Gasteiger partial charge is 0.392 e. The highest BCUT2D eigenvalue weighted by Crippen LogP contribution is 1.85. The number of nitrogens with one attached hydrogen (secondary N) is 2. The Hall–Kier alpha value is -1.29. The molecule has 0 atom stereocenters. The van der Waals surface area contributed by atoms with E-state index in [0.29, 0.717) is 5.70 Å². The minimum atomic E-state index is -0.230. The van der Waals surface area contributed by atoms with Gasteiger partial charge in [0.05, 0.1) is 12.2 Å². The van der Waals surface area contributed by atoms with Crippen LogP contribution < -0.4 is 16.4 Å². The number of hydrogen-bond acceptors (Lipinski definition) is 3. The summed E-state index contributed by atoms with van der Waals surface area (Å²) in [4.78, 5) is 10.7. The van der Waals surface area contributed by atoms with Crippen molar-refractivity contribution in [1.29, 1.82) is 0 Å². The molecule has 0 aromatic rings. The van der Waals surface area contributed by atoms with Crippen LogP contribution in [-0.2, 0) is 4.79 Å². The Morgan fingerprint density at radius 1 is 1.73 bits per heavy atom. The molecule has 4 nitrogen and oxygen atoms in total. The summed E-state index contributed by atoms with van der Waals surface area (Å²) in [5, 5.41) is 5.29. The smallest absolute Gasteiger partial charge is 0.238 e. The molecule has 0 aromatic heterocycles. The molecule has 0 aliphatic carbocycles. The molecule has 0 rings (SSSR count). The van der Waals surface area contributed by atoms with E-state index in [2.05, 4.69) is 17.2 Å². The van der Waals surface area contributed by atoms with E-state index in [0.717, 1.165) is 0 Å². The fraction of sp³-hybridized carbons (Fsp3) is 0.286. The third kappa shape index (κ3) is 4.16. The van der Waals surface area contributed by atoms with Gasteiger partial charge in [0, 0.05) is 13.2 Å². The lowest BCUT2D eigenvalue weighted by molar-refractivity contribution is -0.118. The van der Waals surface area contributed by atoms with Crippen molar-refractivity contribution in [3.63, 3.8) is 0 Å². The van der Waals surface area contributed by atoms with Crippen LogP contribution >= 0.6 is 0 Å². The number of allylic oxidation sites excluding steroid dienone is 1. The zero-order chi connectivity index (χ0) is 8.69. The van der Waals surface area contributed by atoms with Crippen molar-refractivity contribution < 1.29 is 4.79 Å². The second-order valence-electron chi connectivity index (χ2n) is 1.84. The number of carbonyl (C=O) groups is 1. The highest BCUT2D eigenvalue weighted by atomic mass is 16.1. The van der Waals surface area contributed by atoms with Gasteiger partial charge in [-0.2, -0.15) is 0 Å². The third-order valence-electron chi connectivity index (χ3n) is 0.989. The number of rotatable bonds is 4. The van der Waals surface area contributed by atoms with Gasteiger partial charge >= 0.3 is 0 Å². The van der Waals surface area contributed by atoms with Gasteiger partial charge in [0.1, 0.15) is 0 Å². The Morgan fingerprint density at radius 2 is 2.36 bits per heavy atom. The van der Waals surface area contributed by atoms with Crippen molar-refractivity contribution in [2.45, 2.75) is 0 Å². The molecular formula is C7H13N3O. The fourth-order valence-corrected chi connectivity index (χ4v) is 0.514. The normalized spacial score (nSPS) is 10.5. The second-order valence-corrected chi connectivity index (χ2v) is 1.84. The van der Waals surface area contributed by atoms with E-state index >= 15 is 0 Å². The maximum absolute atomic E-state index is 10.7. The van der Waals surface area contributed by atoms with Gasteiger partial charge < -0.3 is 16.4 Å². The fourth-order valence-electron chi connectivity index (χ4n) is 0.514. The van der Waals surface area contributed by atoms with Crippen LogP contribution in [0, 0.1) is 0 Å². The molecular weight excluding hydrogens is 142 g/mol. The molecule has 4 N–H and O–H groups in total. The minimum Gasteiger partial charge on any atom is -0.392 e. The van der Waals surface area contributed by atoms with Crippen LogP contribution in [0.2, 0.25) is 0 Å². The Balaban J connectivity index is 3.98. The first-order valence-electron chi connectivity index (χ1n) is 3.24. The lowest BCUT2D eigenvalue weighted by Crippen LogP contribution is -2.29. The Bertz CT molecular complexity index is 175. The predicted octanol–water partition coefficient (Wildman–Crippen LogP) is -0.692. The predicted molar refractivity (Wildman–Crippen MR) is 44.5 cm³/mol. The zero-order valence-corrected chi connectivity index (χ0v) is 6.55. The maximum atomic E-state index is 10.7. The SMILES string of the molecule is C=C/C(=C\NC)NC(=O)CN. The van der Waals surface area contributed by atoms with E-state index in [1.807, 2.05) is 0 Å². The molecule has 0 saturated heterocycles. The Kier molecular flexibility index (Phi) is 4.85. The van der Waals surface area contributed by atoms with Crippen LogP contribution in [0.4, 0.5) is 0 Å². The third-order valence-corrected chi connectivity index (χ3v) is 0.989. The first-order valence-corrected chi connectivity index (χ1v) is 3.24. The summed E-state index contributed by atoms with van der Waals surface area (Å²) in [5.41, 5.74) is 5.69. The van der Waals surface area contributed by atoms with E-state index in [-0.39, 0.29) is 12.5 Å². The lowest BCUT2D eigenvalue weighted by Gasteiger charge is -2.02. The monoisotopic (exact) mass is 155 g/mol.